The van der Waals surface area contributed by atoms with E-state index in [1.54, 1.807) is 7.11 Å². The number of ketones is 1. The first kappa shape index (κ1) is 9.75. The Balaban J connectivity index is 2.47. The van der Waals surface area contributed by atoms with Crippen molar-refractivity contribution in [3.05, 3.63) is 11.3 Å². The number of ether oxygens (including phenoxy) is 1. The Morgan fingerprint density at radius 2 is 2.07 bits per heavy atom. The van der Waals surface area contributed by atoms with Crippen LogP contribution in [-0.4, -0.2) is 12.9 Å². The van der Waals surface area contributed by atoms with Crippen molar-refractivity contribution in [1.82, 2.24) is 0 Å². The summed E-state index contributed by atoms with van der Waals surface area (Å²) in [5, 5.41) is 0. The molecule has 78 valence electrons. The highest BCUT2D eigenvalue weighted by atomic mass is 16.5. The summed E-state index contributed by atoms with van der Waals surface area (Å²) in [5.74, 6) is 1.76. The van der Waals surface area contributed by atoms with E-state index in [9.17, 15) is 4.79 Å². The first-order valence-electron chi connectivity index (χ1n) is 5.24. The summed E-state index contributed by atoms with van der Waals surface area (Å²) in [4.78, 5) is 11.7. The number of carbonyl (C=O) groups is 1. The molecular formula is C12H18O2. The molecule has 0 amide bonds. The molecule has 0 aliphatic heterocycles. The van der Waals surface area contributed by atoms with E-state index in [1.165, 1.54) is 5.57 Å². The molecule has 2 nitrogen and oxygen atoms in total. The summed E-state index contributed by atoms with van der Waals surface area (Å²) in [5.41, 5.74) is 1.57. The van der Waals surface area contributed by atoms with Crippen molar-refractivity contribution in [2.45, 2.75) is 33.6 Å². The average molecular weight is 194 g/mol. The number of carbonyl (C=O) groups excluding carboxylic acids is 1. The minimum Gasteiger partial charge on any atom is -0.500 e. The Bertz CT molecular complexity index is 312. The van der Waals surface area contributed by atoms with Crippen LogP contribution in [0.25, 0.3) is 0 Å². The number of hydrogen-bond donors (Lipinski definition) is 0. The van der Waals surface area contributed by atoms with Gasteiger partial charge >= 0.3 is 0 Å². The maximum Gasteiger partial charge on any atom is 0.144 e. The summed E-state index contributed by atoms with van der Waals surface area (Å²) in [6.45, 7) is 6.63. The van der Waals surface area contributed by atoms with E-state index >= 15 is 0 Å². The summed E-state index contributed by atoms with van der Waals surface area (Å²) in [6.07, 6.45) is 1.67. The van der Waals surface area contributed by atoms with Crippen LogP contribution in [0.15, 0.2) is 11.3 Å². The van der Waals surface area contributed by atoms with Crippen LogP contribution in [0.2, 0.25) is 0 Å². The SMILES string of the molecule is COC1=C(C)C2CC(=O)C1CC2(C)C. The van der Waals surface area contributed by atoms with Crippen LogP contribution >= 0.6 is 0 Å². The lowest BCUT2D eigenvalue weighted by molar-refractivity contribution is -0.130. The lowest BCUT2D eigenvalue weighted by Crippen LogP contribution is -2.44. The molecule has 0 radical (unpaired) electrons. The number of allylic oxidation sites excluding steroid dienone is 2. The molecular weight excluding hydrogens is 176 g/mol. The summed E-state index contributed by atoms with van der Waals surface area (Å²) < 4.78 is 5.36. The number of hydrogen-bond acceptors (Lipinski definition) is 2. The molecule has 0 saturated heterocycles. The molecule has 3 aliphatic carbocycles. The van der Waals surface area contributed by atoms with Gasteiger partial charge in [0.25, 0.3) is 0 Å². The number of rotatable bonds is 1. The number of fused-ring (bicyclic) bond motifs is 2. The van der Waals surface area contributed by atoms with Crippen molar-refractivity contribution in [3.63, 3.8) is 0 Å². The molecule has 0 N–H and O–H groups in total. The van der Waals surface area contributed by atoms with Crippen LogP contribution in [0.3, 0.4) is 0 Å². The monoisotopic (exact) mass is 194 g/mol. The molecule has 3 rings (SSSR count). The normalized spacial score (nSPS) is 35.0. The molecule has 2 atom stereocenters. The second-order valence-electron chi connectivity index (χ2n) is 5.22. The van der Waals surface area contributed by atoms with Crippen LogP contribution in [0.5, 0.6) is 0 Å². The van der Waals surface area contributed by atoms with Crippen LogP contribution < -0.4 is 0 Å². The highest BCUT2D eigenvalue weighted by Gasteiger charge is 2.49. The van der Waals surface area contributed by atoms with Gasteiger partial charge < -0.3 is 4.74 Å². The van der Waals surface area contributed by atoms with E-state index in [0.29, 0.717) is 11.7 Å². The van der Waals surface area contributed by atoms with Gasteiger partial charge in [-0.2, -0.15) is 0 Å². The largest absolute Gasteiger partial charge is 0.500 e. The van der Waals surface area contributed by atoms with Gasteiger partial charge in [-0.25, -0.2) is 0 Å². The Labute approximate surface area is 85.3 Å². The molecule has 2 unspecified atom stereocenters. The van der Waals surface area contributed by atoms with E-state index in [4.69, 9.17) is 4.74 Å². The smallest absolute Gasteiger partial charge is 0.144 e. The van der Waals surface area contributed by atoms with Gasteiger partial charge in [-0.1, -0.05) is 13.8 Å². The predicted molar refractivity (Wildman–Crippen MR) is 54.7 cm³/mol. The van der Waals surface area contributed by atoms with Gasteiger partial charge in [-0.05, 0) is 30.3 Å². The molecule has 3 aliphatic rings. The van der Waals surface area contributed by atoms with Crippen LogP contribution in [0, 0.1) is 17.3 Å². The average Bonchev–Trinajstić information content (AvgIpc) is 2.09. The lowest BCUT2D eigenvalue weighted by Gasteiger charge is -2.47. The second kappa shape index (κ2) is 2.85. The molecule has 2 heteroatoms. The summed E-state index contributed by atoms with van der Waals surface area (Å²) >= 11 is 0. The van der Waals surface area contributed by atoms with Crippen molar-refractivity contribution in [1.29, 1.82) is 0 Å². The Hall–Kier alpha value is -0.790. The van der Waals surface area contributed by atoms with E-state index in [1.807, 2.05) is 0 Å². The van der Waals surface area contributed by atoms with Gasteiger partial charge in [-0.15, -0.1) is 0 Å². The zero-order valence-corrected chi connectivity index (χ0v) is 9.39. The fourth-order valence-electron chi connectivity index (χ4n) is 3.13. The maximum absolute atomic E-state index is 11.7. The molecule has 1 saturated carbocycles. The minimum absolute atomic E-state index is 0.0417. The molecule has 0 aromatic rings. The third-order valence-electron chi connectivity index (χ3n) is 3.92. The zero-order chi connectivity index (χ0) is 10.5. The summed E-state index contributed by atoms with van der Waals surface area (Å²) in [7, 11) is 1.68. The van der Waals surface area contributed by atoms with Crippen LogP contribution in [0.4, 0.5) is 0 Å². The molecule has 0 spiro atoms. The molecule has 0 aromatic heterocycles. The van der Waals surface area contributed by atoms with Crippen molar-refractivity contribution in [2.75, 3.05) is 7.11 Å². The Kier molecular flexibility index (Phi) is 1.98. The van der Waals surface area contributed by atoms with Gasteiger partial charge in [0.1, 0.15) is 11.5 Å². The first-order valence-corrected chi connectivity index (χ1v) is 5.24. The van der Waals surface area contributed by atoms with E-state index in [0.717, 1.165) is 18.6 Å². The van der Waals surface area contributed by atoms with E-state index in [2.05, 4.69) is 20.8 Å². The predicted octanol–water partition coefficient (Wildman–Crippen LogP) is 2.54. The third-order valence-corrected chi connectivity index (χ3v) is 3.92. The lowest BCUT2D eigenvalue weighted by atomic mass is 9.57. The van der Waals surface area contributed by atoms with E-state index < -0.39 is 0 Å². The molecule has 2 bridgehead atoms. The fraction of sp³-hybridized carbons (Fsp3) is 0.750. The Morgan fingerprint density at radius 1 is 1.43 bits per heavy atom. The molecule has 0 heterocycles. The minimum atomic E-state index is 0.0417. The topological polar surface area (TPSA) is 26.3 Å². The van der Waals surface area contributed by atoms with Crippen molar-refractivity contribution < 1.29 is 9.53 Å². The molecule has 14 heavy (non-hydrogen) atoms. The van der Waals surface area contributed by atoms with E-state index in [-0.39, 0.29) is 11.3 Å². The summed E-state index contributed by atoms with van der Waals surface area (Å²) in [6, 6.07) is 0. The van der Waals surface area contributed by atoms with Crippen LogP contribution in [0.1, 0.15) is 33.6 Å². The number of Topliss-reactive ketones (excluding diaryl/α,β-unsaturated/α-hetero) is 1. The van der Waals surface area contributed by atoms with Gasteiger partial charge in [0.05, 0.1) is 13.0 Å². The molecule has 1 fully saturated rings. The third kappa shape index (κ3) is 1.13. The zero-order valence-electron chi connectivity index (χ0n) is 9.39. The number of methoxy groups -OCH3 is 1. The fourth-order valence-corrected chi connectivity index (χ4v) is 3.13. The van der Waals surface area contributed by atoms with Gasteiger partial charge in [0.2, 0.25) is 0 Å². The van der Waals surface area contributed by atoms with Gasteiger partial charge in [0.15, 0.2) is 0 Å². The van der Waals surface area contributed by atoms with Gasteiger partial charge in [-0.3, -0.25) is 4.79 Å². The second-order valence-corrected chi connectivity index (χ2v) is 5.22. The van der Waals surface area contributed by atoms with Crippen molar-refractivity contribution in [3.8, 4) is 0 Å². The Morgan fingerprint density at radius 3 is 2.64 bits per heavy atom. The highest BCUT2D eigenvalue weighted by molar-refractivity contribution is 5.86. The van der Waals surface area contributed by atoms with Crippen molar-refractivity contribution in [2.24, 2.45) is 17.3 Å². The quantitative estimate of drug-likeness (QED) is 0.641. The molecule has 0 aromatic carbocycles. The van der Waals surface area contributed by atoms with Crippen LogP contribution in [-0.2, 0) is 9.53 Å². The van der Waals surface area contributed by atoms with Gasteiger partial charge in [0, 0.05) is 6.42 Å². The maximum atomic E-state index is 11.7. The standard InChI is InChI=1S/C12H18O2/c1-7-9-5-10(13)8(11(7)14-4)6-12(9,2)3/h8-9H,5-6H2,1-4H3. The van der Waals surface area contributed by atoms with Crippen molar-refractivity contribution >= 4 is 5.78 Å². The first-order chi connectivity index (χ1) is 6.47. The highest BCUT2D eigenvalue weighted by Crippen LogP contribution is 2.53.